The highest BCUT2D eigenvalue weighted by Gasteiger charge is 2.20. The van der Waals surface area contributed by atoms with Gasteiger partial charge in [0.1, 0.15) is 0 Å². The van der Waals surface area contributed by atoms with Crippen LogP contribution in [0.1, 0.15) is 53.4 Å². The number of nitrogens with one attached hydrogen (secondary N) is 1. The molecule has 0 radical (unpaired) electrons. The zero-order valence-corrected chi connectivity index (χ0v) is 11.4. The lowest BCUT2D eigenvalue weighted by Gasteiger charge is -2.19. The van der Waals surface area contributed by atoms with Crippen molar-refractivity contribution in [3.05, 3.63) is 0 Å². The largest absolute Gasteiger partial charge is 0.481 e. The van der Waals surface area contributed by atoms with Gasteiger partial charge < -0.3 is 10.4 Å². The molecule has 0 saturated carbocycles. The molecule has 0 aromatic carbocycles. The van der Waals surface area contributed by atoms with Crippen molar-refractivity contribution in [3.8, 4) is 0 Å². The summed E-state index contributed by atoms with van der Waals surface area (Å²) in [5.74, 6) is -0.320. The van der Waals surface area contributed by atoms with Crippen LogP contribution >= 0.6 is 0 Å². The van der Waals surface area contributed by atoms with Crippen molar-refractivity contribution in [2.24, 2.45) is 11.3 Å². The molecule has 0 aliphatic carbocycles. The standard InChI is InChI=1S/C13H25NO3/c1-5-10(6-7-11(15)16)8-9-14-12(17)13(2,3)4/h10H,5-9H2,1-4H3,(H,14,17)(H,15,16). The molecule has 1 unspecified atom stereocenters. The molecule has 0 aromatic rings. The number of aliphatic carboxylic acids is 1. The fourth-order valence-electron chi connectivity index (χ4n) is 1.54. The summed E-state index contributed by atoms with van der Waals surface area (Å²) in [6.45, 7) is 8.32. The first-order valence-corrected chi connectivity index (χ1v) is 6.27. The minimum absolute atomic E-state index is 0.0468. The third kappa shape index (κ3) is 7.77. The van der Waals surface area contributed by atoms with Gasteiger partial charge >= 0.3 is 5.97 Å². The van der Waals surface area contributed by atoms with Gasteiger partial charge in [0.25, 0.3) is 0 Å². The molecule has 0 spiro atoms. The molecule has 0 saturated heterocycles. The molecule has 4 heteroatoms. The van der Waals surface area contributed by atoms with Crippen LogP contribution in [0.5, 0.6) is 0 Å². The maximum Gasteiger partial charge on any atom is 0.303 e. The molecule has 4 nitrogen and oxygen atoms in total. The van der Waals surface area contributed by atoms with Crippen molar-refractivity contribution in [1.82, 2.24) is 5.32 Å². The molecule has 1 atom stereocenters. The van der Waals surface area contributed by atoms with Gasteiger partial charge in [-0.2, -0.15) is 0 Å². The first-order valence-electron chi connectivity index (χ1n) is 6.27. The van der Waals surface area contributed by atoms with E-state index < -0.39 is 5.97 Å². The molecule has 0 rings (SSSR count). The molecule has 100 valence electrons. The van der Waals surface area contributed by atoms with E-state index in [1.165, 1.54) is 0 Å². The van der Waals surface area contributed by atoms with E-state index in [9.17, 15) is 9.59 Å². The fraction of sp³-hybridized carbons (Fsp3) is 0.846. The third-order valence-corrected chi connectivity index (χ3v) is 2.86. The topological polar surface area (TPSA) is 66.4 Å². The molecule has 0 bridgehead atoms. The molecular formula is C13H25NO3. The second-order valence-corrected chi connectivity index (χ2v) is 5.50. The molecular weight excluding hydrogens is 218 g/mol. The average Bonchev–Trinajstić information content (AvgIpc) is 2.21. The van der Waals surface area contributed by atoms with E-state index >= 15 is 0 Å². The van der Waals surface area contributed by atoms with Crippen molar-refractivity contribution in [2.75, 3.05) is 6.54 Å². The number of carbonyl (C=O) groups is 2. The molecule has 2 N–H and O–H groups in total. The zero-order chi connectivity index (χ0) is 13.5. The number of carbonyl (C=O) groups excluding carboxylic acids is 1. The Morgan fingerprint density at radius 3 is 2.24 bits per heavy atom. The lowest BCUT2D eigenvalue weighted by atomic mass is 9.94. The van der Waals surface area contributed by atoms with Crippen molar-refractivity contribution in [2.45, 2.75) is 53.4 Å². The quantitative estimate of drug-likeness (QED) is 0.721. The Bertz CT molecular complexity index is 256. The lowest BCUT2D eigenvalue weighted by molar-refractivity contribution is -0.137. The van der Waals surface area contributed by atoms with Gasteiger partial charge in [-0.3, -0.25) is 9.59 Å². The van der Waals surface area contributed by atoms with E-state index in [-0.39, 0.29) is 17.7 Å². The number of carboxylic acids is 1. The summed E-state index contributed by atoms with van der Waals surface area (Å²) in [6, 6.07) is 0. The van der Waals surface area contributed by atoms with Crippen molar-refractivity contribution < 1.29 is 14.7 Å². The van der Waals surface area contributed by atoms with Gasteiger partial charge in [0.2, 0.25) is 5.91 Å². The van der Waals surface area contributed by atoms with Crippen LogP contribution in [-0.2, 0) is 9.59 Å². The zero-order valence-electron chi connectivity index (χ0n) is 11.4. The maximum atomic E-state index is 11.6. The Hall–Kier alpha value is -1.06. The Labute approximate surface area is 104 Å². The van der Waals surface area contributed by atoms with Crippen LogP contribution < -0.4 is 5.32 Å². The predicted octanol–water partition coefficient (Wildman–Crippen LogP) is 2.43. The first kappa shape index (κ1) is 15.9. The highest BCUT2D eigenvalue weighted by molar-refractivity contribution is 5.81. The van der Waals surface area contributed by atoms with Crippen LogP contribution in [0, 0.1) is 11.3 Å². The second-order valence-electron chi connectivity index (χ2n) is 5.50. The Morgan fingerprint density at radius 2 is 1.82 bits per heavy atom. The molecule has 1 amide bonds. The smallest absolute Gasteiger partial charge is 0.303 e. The number of carboxylic acid groups (broad SMARTS) is 1. The van der Waals surface area contributed by atoms with Crippen LogP contribution in [0.15, 0.2) is 0 Å². The van der Waals surface area contributed by atoms with E-state index in [1.807, 2.05) is 20.8 Å². The van der Waals surface area contributed by atoms with Crippen LogP contribution in [0.25, 0.3) is 0 Å². The Balaban J connectivity index is 3.84. The van der Waals surface area contributed by atoms with Gasteiger partial charge in [-0.25, -0.2) is 0 Å². The van der Waals surface area contributed by atoms with Crippen molar-refractivity contribution in [1.29, 1.82) is 0 Å². The molecule has 0 aromatic heterocycles. The molecule has 17 heavy (non-hydrogen) atoms. The van der Waals surface area contributed by atoms with Crippen LogP contribution in [0.4, 0.5) is 0 Å². The van der Waals surface area contributed by atoms with Crippen LogP contribution in [0.2, 0.25) is 0 Å². The van der Waals surface area contributed by atoms with Crippen LogP contribution in [-0.4, -0.2) is 23.5 Å². The monoisotopic (exact) mass is 243 g/mol. The SMILES string of the molecule is CCC(CCNC(=O)C(C)(C)C)CCC(=O)O. The third-order valence-electron chi connectivity index (χ3n) is 2.86. The summed E-state index contributed by atoms with van der Waals surface area (Å²) in [7, 11) is 0. The second kappa shape index (κ2) is 7.30. The number of rotatable bonds is 7. The molecule has 0 fully saturated rings. The normalized spacial score (nSPS) is 13.2. The van der Waals surface area contributed by atoms with Crippen molar-refractivity contribution >= 4 is 11.9 Å². The summed E-state index contributed by atoms with van der Waals surface area (Å²) in [6.07, 6.45) is 2.72. The first-order chi connectivity index (χ1) is 7.77. The minimum Gasteiger partial charge on any atom is -0.481 e. The number of hydrogen-bond acceptors (Lipinski definition) is 2. The Morgan fingerprint density at radius 1 is 1.24 bits per heavy atom. The summed E-state index contributed by atoms with van der Waals surface area (Å²) >= 11 is 0. The summed E-state index contributed by atoms with van der Waals surface area (Å²) in [5.41, 5.74) is -0.358. The summed E-state index contributed by atoms with van der Waals surface area (Å²) < 4.78 is 0. The van der Waals surface area contributed by atoms with Gasteiger partial charge in [0.15, 0.2) is 0 Å². The molecule has 0 aliphatic heterocycles. The van der Waals surface area contributed by atoms with E-state index in [1.54, 1.807) is 0 Å². The van der Waals surface area contributed by atoms with Crippen LogP contribution in [0.3, 0.4) is 0 Å². The van der Waals surface area contributed by atoms with Gasteiger partial charge in [-0.05, 0) is 18.8 Å². The summed E-state index contributed by atoms with van der Waals surface area (Å²) in [4.78, 5) is 22.1. The number of amides is 1. The summed E-state index contributed by atoms with van der Waals surface area (Å²) in [5, 5.41) is 11.5. The van der Waals surface area contributed by atoms with Gasteiger partial charge in [-0.15, -0.1) is 0 Å². The minimum atomic E-state index is -0.748. The van der Waals surface area contributed by atoms with E-state index in [0.717, 1.165) is 12.8 Å². The van der Waals surface area contributed by atoms with Gasteiger partial charge in [0.05, 0.1) is 0 Å². The lowest BCUT2D eigenvalue weighted by Crippen LogP contribution is -2.35. The molecule has 0 aliphatic rings. The number of hydrogen-bond donors (Lipinski definition) is 2. The predicted molar refractivity (Wildman–Crippen MR) is 67.7 cm³/mol. The average molecular weight is 243 g/mol. The Kier molecular flexibility index (Phi) is 6.85. The van der Waals surface area contributed by atoms with E-state index in [0.29, 0.717) is 18.9 Å². The highest BCUT2D eigenvalue weighted by atomic mass is 16.4. The highest BCUT2D eigenvalue weighted by Crippen LogP contribution is 2.16. The van der Waals surface area contributed by atoms with E-state index in [2.05, 4.69) is 12.2 Å². The van der Waals surface area contributed by atoms with Gasteiger partial charge in [0, 0.05) is 18.4 Å². The fourth-order valence-corrected chi connectivity index (χ4v) is 1.54. The maximum absolute atomic E-state index is 11.6. The van der Waals surface area contributed by atoms with Crippen molar-refractivity contribution in [3.63, 3.8) is 0 Å². The molecule has 0 heterocycles. The van der Waals surface area contributed by atoms with E-state index in [4.69, 9.17) is 5.11 Å². The van der Waals surface area contributed by atoms with Gasteiger partial charge in [-0.1, -0.05) is 34.1 Å².